The van der Waals surface area contributed by atoms with E-state index >= 15 is 0 Å². The van der Waals surface area contributed by atoms with Crippen LogP contribution in [0, 0.1) is 6.92 Å². The monoisotopic (exact) mass is 255 g/mol. The molecule has 1 unspecified atom stereocenters. The highest BCUT2D eigenvalue weighted by molar-refractivity contribution is 6.29. The number of hydrogen-bond donors (Lipinski definition) is 2. The van der Waals surface area contributed by atoms with Gasteiger partial charge >= 0.3 is 0 Å². The zero-order chi connectivity index (χ0) is 12.8. The maximum atomic E-state index is 11.6. The molecule has 1 atom stereocenters. The average Bonchev–Trinajstić information content (AvgIpc) is 2.29. The fraction of sp³-hybridized carbons (Fsp3) is 0.500. The molecule has 1 heterocycles. The van der Waals surface area contributed by atoms with Gasteiger partial charge in [-0.2, -0.15) is 0 Å². The van der Waals surface area contributed by atoms with Gasteiger partial charge in [0.2, 0.25) is 5.91 Å². The number of anilines is 1. The second kappa shape index (κ2) is 6.57. The molecule has 17 heavy (non-hydrogen) atoms. The fourth-order valence-electron chi connectivity index (χ4n) is 1.27. The highest BCUT2D eigenvalue weighted by atomic mass is 35.5. The molecule has 0 bridgehead atoms. The van der Waals surface area contributed by atoms with E-state index in [9.17, 15) is 4.79 Å². The van der Waals surface area contributed by atoms with E-state index in [4.69, 9.17) is 11.6 Å². The Hall–Kier alpha value is -1.13. The van der Waals surface area contributed by atoms with Crippen LogP contribution in [0.15, 0.2) is 12.1 Å². The Morgan fingerprint density at radius 3 is 2.82 bits per heavy atom. The topological polar surface area (TPSA) is 54.0 Å². The van der Waals surface area contributed by atoms with Crippen LogP contribution in [-0.2, 0) is 4.79 Å². The molecule has 0 saturated carbocycles. The van der Waals surface area contributed by atoms with Gasteiger partial charge in [-0.1, -0.05) is 18.5 Å². The molecule has 0 saturated heterocycles. The van der Waals surface area contributed by atoms with Crippen LogP contribution in [0.5, 0.6) is 0 Å². The van der Waals surface area contributed by atoms with Crippen LogP contribution in [0.3, 0.4) is 0 Å². The molecule has 1 aromatic heterocycles. The second-order valence-corrected chi connectivity index (χ2v) is 4.39. The molecule has 0 spiro atoms. The number of carbonyl (C=O) groups excluding carboxylic acids is 1. The van der Waals surface area contributed by atoms with Gasteiger partial charge in [-0.05, 0) is 32.4 Å². The van der Waals surface area contributed by atoms with Gasteiger partial charge in [-0.15, -0.1) is 0 Å². The van der Waals surface area contributed by atoms with E-state index in [-0.39, 0.29) is 5.91 Å². The lowest BCUT2D eigenvalue weighted by molar-refractivity contribution is -0.115. The van der Waals surface area contributed by atoms with Crippen LogP contribution >= 0.6 is 11.6 Å². The molecule has 0 aliphatic carbocycles. The summed E-state index contributed by atoms with van der Waals surface area (Å²) in [5.74, 6) is -0.0717. The minimum atomic E-state index is -0.0717. The van der Waals surface area contributed by atoms with Crippen LogP contribution in [0.1, 0.15) is 26.0 Å². The van der Waals surface area contributed by atoms with Crippen molar-refractivity contribution in [1.29, 1.82) is 0 Å². The number of pyridine rings is 1. The number of rotatable bonds is 5. The lowest BCUT2D eigenvalue weighted by Crippen LogP contribution is -2.34. The average molecular weight is 256 g/mol. The number of aromatic nitrogens is 1. The van der Waals surface area contributed by atoms with Crippen molar-refractivity contribution in [3.63, 3.8) is 0 Å². The van der Waals surface area contributed by atoms with Crippen molar-refractivity contribution >= 4 is 23.2 Å². The van der Waals surface area contributed by atoms with Crippen molar-refractivity contribution < 1.29 is 4.79 Å². The summed E-state index contributed by atoms with van der Waals surface area (Å²) in [6, 6.07) is 3.75. The normalized spacial score (nSPS) is 12.2. The third kappa shape index (κ3) is 4.71. The molecule has 1 aromatic rings. The lowest BCUT2D eigenvalue weighted by atomic mass is 10.2. The molecular weight excluding hydrogens is 238 g/mol. The Morgan fingerprint density at radius 2 is 2.24 bits per heavy atom. The predicted molar refractivity (Wildman–Crippen MR) is 70.4 cm³/mol. The summed E-state index contributed by atoms with van der Waals surface area (Å²) in [4.78, 5) is 15.7. The highest BCUT2D eigenvalue weighted by Crippen LogP contribution is 2.15. The van der Waals surface area contributed by atoms with Crippen LogP contribution in [0.2, 0.25) is 5.15 Å². The maximum absolute atomic E-state index is 11.6. The zero-order valence-corrected chi connectivity index (χ0v) is 11.1. The van der Waals surface area contributed by atoms with Crippen LogP contribution in [0.25, 0.3) is 0 Å². The summed E-state index contributed by atoms with van der Waals surface area (Å²) >= 11 is 5.74. The second-order valence-electron chi connectivity index (χ2n) is 4.01. The zero-order valence-electron chi connectivity index (χ0n) is 10.4. The summed E-state index contributed by atoms with van der Waals surface area (Å²) in [7, 11) is 0. The first-order chi connectivity index (χ1) is 8.02. The van der Waals surface area contributed by atoms with Crippen molar-refractivity contribution in [3.05, 3.63) is 23.0 Å². The molecule has 0 aromatic carbocycles. The molecule has 0 aliphatic rings. The first-order valence-electron chi connectivity index (χ1n) is 5.69. The smallest absolute Gasteiger partial charge is 0.238 e. The molecule has 94 valence electrons. The quantitative estimate of drug-likeness (QED) is 0.795. The van der Waals surface area contributed by atoms with E-state index in [1.165, 1.54) is 0 Å². The van der Waals surface area contributed by atoms with Gasteiger partial charge < -0.3 is 10.6 Å². The molecule has 0 aliphatic heterocycles. The van der Waals surface area contributed by atoms with E-state index in [2.05, 4.69) is 22.5 Å². The van der Waals surface area contributed by atoms with E-state index in [1.807, 2.05) is 13.8 Å². The number of amides is 1. The van der Waals surface area contributed by atoms with Crippen molar-refractivity contribution in [2.45, 2.75) is 33.2 Å². The van der Waals surface area contributed by atoms with Crippen LogP contribution < -0.4 is 10.6 Å². The Kier molecular flexibility index (Phi) is 5.38. The van der Waals surface area contributed by atoms with Gasteiger partial charge in [0.1, 0.15) is 5.15 Å². The fourth-order valence-corrected chi connectivity index (χ4v) is 1.46. The highest BCUT2D eigenvalue weighted by Gasteiger charge is 2.07. The first-order valence-corrected chi connectivity index (χ1v) is 6.07. The Labute approximate surface area is 107 Å². The molecule has 1 rings (SSSR count). The van der Waals surface area contributed by atoms with Crippen LogP contribution in [-0.4, -0.2) is 23.5 Å². The molecule has 0 fully saturated rings. The molecule has 2 N–H and O–H groups in total. The molecule has 0 radical (unpaired) electrons. The van der Waals surface area contributed by atoms with E-state index in [1.54, 1.807) is 12.1 Å². The largest absolute Gasteiger partial charge is 0.323 e. The van der Waals surface area contributed by atoms with E-state index in [0.29, 0.717) is 23.4 Å². The van der Waals surface area contributed by atoms with Gasteiger partial charge in [0.05, 0.1) is 17.9 Å². The van der Waals surface area contributed by atoms with Crippen molar-refractivity contribution in [1.82, 2.24) is 10.3 Å². The van der Waals surface area contributed by atoms with Crippen molar-refractivity contribution in [2.75, 3.05) is 11.9 Å². The van der Waals surface area contributed by atoms with Crippen molar-refractivity contribution in [2.24, 2.45) is 0 Å². The Morgan fingerprint density at radius 1 is 1.53 bits per heavy atom. The minimum absolute atomic E-state index is 0.0717. The number of nitrogens with one attached hydrogen (secondary N) is 2. The Balaban J connectivity index is 2.50. The summed E-state index contributed by atoms with van der Waals surface area (Å²) < 4.78 is 0. The van der Waals surface area contributed by atoms with E-state index in [0.717, 1.165) is 12.1 Å². The third-order valence-corrected chi connectivity index (χ3v) is 2.76. The summed E-state index contributed by atoms with van der Waals surface area (Å²) in [6.07, 6.45) is 0.995. The van der Waals surface area contributed by atoms with E-state index < -0.39 is 0 Å². The third-order valence-electron chi connectivity index (χ3n) is 2.55. The molecule has 5 heteroatoms. The summed E-state index contributed by atoms with van der Waals surface area (Å²) in [5, 5.41) is 6.35. The number of halogens is 1. The summed E-state index contributed by atoms with van der Waals surface area (Å²) in [5.41, 5.74) is 1.42. The SMILES string of the molecule is CCC(C)NCC(=O)Nc1ccc(Cl)nc1C. The van der Waals surface area contributed by atoms with Crippen molar-refractivity contribution in [3.8, 4) is 0 Å². The number of hydrogen-bond acceptors (Lipinski definition) is 3. The first kappa shape index (κ1) is 13.9. The summed E-state index contributed by atoms with van der Waals surface area (Å²) in [6.45, 7) is 6.23. The predicted octanol–water partition coefficient (Wildman–Crippen LogP) is 2.37. The van der Waals surface area contributed by atoms with Gasteiger partial charge in [-0.3, -0.25) is 4.79 Å². The molecular formula is C12H18ClN3O. The number of nitrogens with zero attached hydrogens (tertiary/aromatic N) is 1. The minimum Gasteiger partial charge on any atom is -0.323 e. The van der Waals surface area contributed by atoms with Gasteiger partial charge in [0.25, 0.3) is 0 Å². The molecule has 1 amide bonds. The Bertz CT molecular complexity index is 395. The number of carbonyl (C=O) groups is 1. The maximum Gasteiger partial charge on any atom is 0.238 e. The van der Waals surface area contributed by atoms with Gasteiger partial charge in [0.15, 0.2) is 0 Å². The van der Waals surface area contributed by atoms with Crippen LogP contribution in [0.4, 0.5) is 5.69 Å². The van der Waals surface area contributed by atoms with Gasteiger partial charge in [0, 0.05) is 6.04 Å². The lowest BCUT2D eigenvalue weighted by Gasteiger charge is -2.12. The number of aryl methyl sites for hydroxylation is 1. The van der Waals surface area contributed by atoms with Gasteiger partial charge in [-0.25, -0.2) is 4.98 Å². The standard InChI is InChI=1S/C12H18ClN3O/c1-4-8(2)14-7-12(17)16-10-5-6-11(13)15-9(10)3/h5-6,8,14H,4,7H2,1-3H3,(H,16,17). The molecule has 4 nitrogen and oxygen atoms in total.